The van der Waals surface area contributed by atoms with Crippen LogP contribution < -0.4 is 10.1 Å². The van der Waals surface area contributed by atoms with Crippen LogP contribution in [0.2, 0.25) is 0 Å². The number of benzene rings is 1. The zero-order valence-electron chi connectivity index (χ0n) is 16.7. The van der Waals surface area contributed by atoms with Gasteiger partial charge in [-0.25, -0.2) is 9.78 Å². The molecule has 13 heteroatoms. The topological polar surface area (TPSA) is 171 Å². The molecular formula is C19H21N3O8S2. The fraction of sp³-hybridized carbons (Fsp3) is 0.474. The van der Waals surface area contributed by atoms with Gasteiger partial charge in [-0.15, -0.1) is 23.1 Å². The normalized spacial score (nSPS) is 30.2. The van der Waals surface area contributed by atoms with Gasteiger partial charge in [0.1, 0.15) is 40.2 Å². The first-order valence-corrected chi connectivity index (χ1v) is 11.5. The predicted octanol–water partition coefficient (Wildman–Crippen LogP) is -0.435. The van der Waals surface area contributed by atoms with Crippen LogP contribution in [0, 0.1) is 0 Å². The molecular weight excluding hydrogens is 462 g/mol. The molecule has 1 fully saturated rings. The van der Waals surface area contributed by atoms with Crippen LogP contribution in [-0.2, 0) is 14.3 Å². The molecule has 0 spiro atoms. The van der Waals surface area contributed by atoms with Gasteiger partial charge in [0, 0.05) is 12.7 Å². The number of aliphatic imine (C=N–C) groups is 1. The van der Waals surface area contributed by atoms with Crippen molar-refractivity contribution in [1.29, 1.82) is 0 Å². The highest BCUT2D eigenvalue weighted by Gasteiger charge is 2.46. The summed E-state index contributed by atoms with van der Waals surface area (Å²) in [5.41, 5.74) is 0.672. The lowest BCUT2D eigenvalue weighted by molar-refractivity contribution is -0.244. The van der Waals surface area contributed by atoms with Gasteiger partial charge in [-0.3, -0.25) is 9.79 Å². The van der Waals surface area contributed by atoms with Crippen molar-refractivity contribution in [2.24, 2.45) is 4.99 Å². The Morgan fingerprint density at radius 3 is 2.75 bits per heavy atom. The molecule has 1 aromatic heterocycles. The van der Waals surface area contributed by atoms with Gasteiger partial charge in [0.15, 0.2) is 6.04 Å². The van der Waals surface area contributed by atoms with E-state index in [2.05, 4.69) is 15.3 Å². The molecule has 2 aliphatic rings. The van der Waals surface area contributed by atoms with Gasteiger partial charge in [0.2, 0.25) is 12.2 Å². The predicted molar refractivity (Wildman–Crippen MR) is 116 cm³/mol. The first kappa shape index (κ1) is 22.9. The highest BCUT2D eigenvalue weighted by atomic mass is 32.2. The van der Waals surface area contributed by atoms with Gasteiger partial charge in [-0.2, -0.15) is 0 Å². The van der Waals surface area contributed by atoms with Crippen molar-refractivity contribution in [2.75, 3.05) is 12.4 Å². The summed E-state index contributed by atoms with van der Waals surface area (Å²) in [6.45, 7) is 0.719. The molecule has 1 aromatic carbocycles. The van der Waals surface area contributed by atoms with E-state index >= 15 is 0 Å². The summed E-state index contributed by atoms with van der Waals surface area (Å²) in [5.74, 6) is -0.701. The van der Waals surface area contributed by atoms with Crippen LogP contribution >= 0.6 is 23.1 Å². The van der Waals surface area contributed by atoms with Gasteiger partial charge in [0.25, 0.3) is 0 Å². The maximum absolute atomic E-state index is 11.6. The van der Waals surface area contributed by atoms with Crippen LogP contribution in [0.5, 0.6) is 5.75 Å². The van der Waals surface area contributed by atoms with Crippen molar-refractivity contribution in [3.63, 3.8) is 0 Å². The lowest BCUT2D eigenvalue weighted by Crippen LogP contribution is -2.65. The molecule has 2 aromatic rings. The monoisotopic (exact) mass is 483 g/mol. The maximum Gasteiger partial charge on any atom is 0.329 e. The lowest BCUT2D eigenvalue weighted by Gasteiger charge is -2.42. The third-order valence-corrected chi connectivity index (χ3v) is 7.19. The molecule has 172 valence electrons. The van der Waals surface area contributed by atoms with Gasteiger partial charge >= 0.3 is 5.97 Å². The number of carbonyl (C=O) groups excluding carboxylic acids is 1. The highest BCUT2D eigenvalue weighted by Crippen LogP contribution is 2.33. The Morgan fingerprint density at radius 2 is 2.09 bits per heavy atom. The average molecular weight is 484 g/mol. The summed E-state index contributed by atoms with van der Waals surface area (Å²) in [4.78, 5) is 31.4. The molecule has 3 heterocycles. The number of nitrogens with zero attached hydrogens (tertiary/aromatic N) is 2. The molecule has 4 rings (SSSR count). The number of nitrogens with one attached hydrogen (secondary N) is 1. The van der Waals surface area contributed by atoms with Crippen molar-refractivity contribution in [3.05, 3.63) is 23.2 Å². The largest absolute Gasteiger partial charge is 0.480 e. The summed E-state index contributed by atoms with van der Waals surface area (Å²) in [6, 6.07) is 3.20. The number of hydrogen-bond donors (Lipinski definition) is 5. The van der Waals surface area contributed by atoms with Gasteiger partial charge in [-0.1, -0.05) is 0 Å². The Labute approximate surface area is 190 Å². The molecule has 0 unspecified atom stereocenters. The van der Waals surface area contributed by atoms with Crippen molar-refractivity contribution >= 4 is 50.2 Å². The summed E-state index contributed by atoms with van der Waals surface area (Å²) >= 11 is 2.67. The van der Waals surface area contributed by atoms with Crippen LogP contribution in [-0.4, -0.2) is 91.4 Å². The lowest BCUT2D eigenvalue weighted by atomic mass is 9.97. The minimum Gasteiger partial charge on any atom is -0.480 e. The second-order valence-corrected chi connectivity index (χ2v) is 9.34. The minimum absolute atomic E-state index is 0.359. The summed E-state index contributed by atoms with van der Waals surface area (Å²) in [5, 5.41) is 42.7. The Balaban J connectivity index is 1.57. The number of carbonyl (C=O) groups is 2. The van der Waals surface area contributed by atoms with E-state index in [-0.39, 0.29) is 0 Å². The van der Waals surface area contributed by atoms with E-state index in [1.165, 1.54) is 30.0 Å². The number of aromatic nitrogens is 1. The van der Waals surface area contributed by atoms with E-state index in [0.29, 0.717) is 27.1 Å². The fourth-order valence-corrected chi connectivity index (χ4v) is 5.48. The molecule has 0 bridgehead atoms. The minimum atomic E-state index is -1.41. The molecule has 0 aliphatic carbocycles. The maximum atomic E-state index is 11.6. The summed E-state index contributed by atoms with van der Waals surface area (Å²) < 4.78 is 12.2. The van der Waals surface area contributed by atoms with Crippen LogP contribution in [0.15, 0.2) is 23.2 Å². The molecule has 11 nitrogen and oxygen atoms in total. The van der Waals surface area contributed by atoms with Gasteiger partial charge in [0.05, 0.1) is 16.8 Å². The number of fused-ring (bicyclic) bond motifs is 1. The fourth-order valence-electron chi connectivity index (χ4n) is 3.39. The Morgan fingerprint density at radius 1 is 1.31 bits per heavy atom. The SMILES string of the molecule is CC(=O)N[C@H]1[C@H](Oc2ccc3nc(C4=N[C@@H](C(=O)O)CS4)sc3c2)O[C@H](CO)[C@@H](O)[C@@H]1O. The molecule has 1 saturated heterocycles. The average Bonchev–Trinajstić information content (AvgIpc) is 3.40. The third-order valence-electron chi connectivity index (χ3n) is 4.98. The second-order valence-electron chi connectivity index (χ2n) is 7.30. The number of ether oxygens (including phenoxy) is 2. The number of rotatable bonds is 6. The molecule has 1 amide bonds. The number of aliphatic carboxylic acids is 1. The van der Waals surface area contributed by atoms with E-state index < -0.39 is 55.2 Å². The van der Waals surface area contributed by atoms with E-state index in [1.807, 2.05) is 0 Å². The number of hydrogen-bond acceptors (Lipinski definition) is 11. The summed E-state index contributed by atoms with van der Waals surface area (Å²) in [7, 11) is 0. The first-order chi connectivity index (χ1) is 15.3. The van der Waals surface area contributed by atoms with Crippen LogP contribution in [0.4, 0.5) is 0 Å². The third kappa shape index (κ3) is 4.58. The van der Waals surface area contributed by atoms with E-state index in [0.717, 1.165) is 4.70 Å². The Hall–Kier alpha value is -2.29. The molecule has 2 aliphatic heterocycles. The molecule has 32 heavy (non-hydrogen) atoms. The van der Waals surface area contributed by atoms with Crippen LogP contribution in [0.1, 0.15) is 11.9 Å². The Kier molecular flexibility index (Phi) is 6.65. The van der Waals surface area contributed by atoms with Crippen LogP contribution in [0.25, 0.3) is 10.2 Å². The van der Waals surface area contributed by atoms with Crippen molar-refractivity contribution < 1.29 is 39.5 Å². The molecule has 0 saturated carbocycles. The molecule has 5 N–H and O–H groups in total. The number of thiazole rings is 1. The quantitative estimate of drug-likeness (QED) is 0.363. The highest BCUT2D eigenvalue weighted by molar-refractivity contribution is 8.15. The summed E-state index contributed by atoms with van der Waals surface area (Å²) in [6.07, 6.45) is -5.06. The Bertz CT molecular complexity index is 1060. The standard InChI is InChI=1S/C19H21N3O8S2/c1-7(24)20-13-15(26)14(25)11(5-23)30-19(13)29-8-2-3-9-12(4-8)32-17(21-9)16-22-10(6-31-16)18(27)28/h2-4,10-11,13-15,19,23,25-26H,5-6H2,1H3,(H,20,24)(H,27,28)/t10-,11-,13-,14-,15-,19-/m1/s1. The van der Waals surface area contributed by atoms with E-state index in [9.17, 15) is 24.9 Å². The number of carboxylic acid groups (broad SMARTS) is 1. The van der Waals surface area contributed by atoms with E-state index in [4.69, 9.17) is 14.6 Å². The van der Waals surface area contributed by atoms with Crippen molar-refractivity contribution in [2.45, 2.75) is 43.6 Å². The number of aliphatic hydroxyl groups excluding tert-OH is 3. The first-order valence-electron chi connectivity index (χ1n) is 9.67. The molecule has 0 radical (unpaired) electrons. The zero-order chi connectivity index (χ0) is 23.0. The van der Waals surface area contributed by atoms with Crippen LogP contribution in [0.3, 0.4) is 0 Å². The second kappa shape index (κ2) is 9.29. The smallest absolute Gasteiger partial charge is 0.329 e. The number of carboxylic acids is 1. The van der Waals surface area contributed by atoms with Crippen molar-refractivity contribution in [1.82, 2.24) is 10.3 Å². The number of thioether (sulfide) groups is 1. The number of amides is 1. The van der Waals surface area contributed by atoms with Crippen molar-refractivity contribution in [3.8, 4) is 5.75 Å². The zero-order valence-corrected chi connectivity index (χ0v) is 18.4. The van der Waals surface area contributed by atoms with Gasteiger partial charge < -0.3 is 35.2 Å². The van der Waals surface area contributed by atoms with Gasteiger partial charge in [-0.05, 0) is 18.2 Å². The van der Waals surface area contributed by atoms with E-state index in [1.54, 1.807) is 18.2 Å². The number of aliphatic hydroxyl groups is 3. The molecule has 6 atom stereocenters.